The highest BCUT2D eigenvalue weighted by atomic mass is 16.7. The molecule has 16 unspecified atom stereocenters. The first-order chi connectivity index (χ1) is 23.1. The van der Waals surface area contributed by atoms with Crippen molar-refractivity contribution >= 4 is 5.97 Å². The minimum absolute atomic E-state index is 0.174. The van der Waals surface area contributed by atoms with E-state index in [9.17, 15) is 25.2 Å². The monoisotopic (exact) mass is 715 g/mol. The van der Waals surface area contributed by atoms with E-state index >= 15 is 0 Å². The first kappa shape index (κ1) is 41.4. The van der Waals surface area contributed by atoms with Gasteiger partial charge in [0.05, 0.1) is 41.9 Å². The molecule has 0 radical (unpaired) electrons. The lowest BCUT2D eigenvalue weighted by Gasteiger charge is -2.48. The van der Waals surface area contributed by atoms with Gasteiger partial charge >= 0.3 is 5.97 Å². The summed E-state index contributed by atoms with van der Waals surface area (Å²) in [6.45, 7) is 18.0. The average Bonchev–Trinajstić information content (AvgIpc) is 3.36. The van der Waals surface area contributed by atoms with E-state index in [0.29, 0.717) is 18.6 Å². The molecule has 50 heavy (non-hydrogen) atoms. The number of carbonyl (C=O) groups is 1. The Bertz CT molecular complexity index is 1210. The van der Waals surface area contributed by atoms with Crippen molar-refractivity contribution in [2.24, 2.45) is 17.8 Å². The quantitative estimate of drug-likeness (QED) is 0.258. The number of fused-ring (bicyclic) bond motifs is 2. The van der Waals surface area contributed by atoms with Crippen LogP contribution < -0.4 is 0 Å². The molecule has 3 fully saturated rings. The Labute approximate surface area is 298 Å². The summed E-state index contributed by atoms with van der Waals surface area (Å²) in [4.78, 5) is 16.2. The first-order valence-corrected chi connectivity index (χ1v) is 18.3. The van der Waals surface area contributed by atoms with Crippen molar-refractivity contribution < 1.29 is 58.4 Å². The molecule has 0 aliphatic carbocycles. The fraction of sp³-hybridized carbons (Fsp3) is 0.919. The predicted molar refractivity (Wildman–Crippen MR) is 184 cm³/mol. The molecule has 4 heterocycles. The zero-order chi connectivity index (χ0) is 37.7. The number of aliphatic hydroxyl groups excluding tert-OH is 3. The summed E-state index contributed by atoms with van der Waals surface area (Å²) in [7, 11) is 5.35. The molecule has 0 aromatic heterocycles. The number of cyclic esters (lactones) is 1. The van der Waals surface area contributed by atoms with Crippen LogP contribution >= 0.6 is 0 Å². The highest BCUT2D eigenvalue weighted by molar-refractivity contribution is 5.73. The highest BCUT2D eigenvalue weighted by Gasteiger charge is 2.57. The van der Waals surface area contributed by atoms with Crippen LogP contribution in [0.3, 0.4) is 0 Å². The molecular weight excluding hydrogens is 650 g/mol. The van der Waals surface area contributed by atoms with Crippen molar-refractivity contribution in [3.8, 4) is 0 Å². The lowest BCUT2D eigenvalue weighted by Crippen LogP contribution is -2.60. The maximum atomic E-state index is 14.3. The number of esters is 1. The molecule has 0 aromatic carbocycles. The number of ether oxygens (including phenoxy) is 7. The summed E-state index contributed by atoms with van der Waals surface area (Å²) in [5.74, 6) is -2.26. The van der Waals surface area contributed by atoms with E-state index in [-0.39, 0.29) is 25.0 Å². The molecule has 3 saturated heterocycles. The average molecular weight is 716 g/mol. The van der Waals surface area contributed by atoms with Gasteiger partial charge in [0.2, 0.25) is 0 Å². The number of hydrogen-bond donors (Lipinski definition) is 4. The van der Waals surface area contributed by atoms with Crippen LogP contribution in [-0.2, 0) is 38.0 Å². The maximum absolute atomic E-state index is 14.3. The van der Waals surface area contributed by atoms with Crippen molar-refractivity contribution in [3.63, 3.8) is 0 Å². The Morgan fingerprint density at radius 3 is 2.28 bits per heavy atom. The third kappa shape index (κ3) is 7.93. The highest BCUT2D eigenvalue weighted by Crippen LogP contribution is 2.48. The molecule has 0 aromatic rings. The van der Waals surface area contributed by atoms with E-state index in [1.54, 1.807) is 27.7 Å². The summed E-state index contributed by atoms with van der Waals surface area (Å²) < 4.78 is 44.8. The van der Waals surface area contributed by atoms with Gasteiger partial charge in [-0.1, -0.05) is 20.8 Å². The van der Waals surface area contributed by atoms with Gasteiger partial charge in [-0.05, 0) is 81.0 Å². The van der Waals surface area contributed by atoms with Crippen LogP contribution in [0.15, 0.2) is 11.3 Å². The Morgan fingerprint density at radius 1 is 1.06 bits per heavy atom. The summed E-state index contributed by atoms with van der Waals surface area (Å²) in [5.41, 5.74) is -2.95. The smallest absolute Gasteiger partial charge is 0.311 e. The molecule has 13 heteroatoms. The number of aliphatic hydroxyl groups is 4. The number of nitrogens with zero attached hydrogens (tertiary/aromatic N) is 1. The van der Waals surface area contributed by atoms with Gasteiger partial charge in [-0.15, -0.1) is 0 Å². The standard InChI is InChI=1S/C37H65NO12/c1-14-25(39)37(10,43)32-20(4)28-18(2)16-36(9,50-28)31(49-34-27(40)24(38(11)12)15-19(3)45-34)21(5)29(22(6)33(42)48-32)47-26-17-35(8,44-13)30(41)23(7)46-26/h19-27,29-32,34,39-41,43H,14-17H2,1-13H3/t19?,20?,21?,22?,23?,24?,25?,26?,27?,29?,30?,31?,32?,34?,35?,36-,37?/m0/s1. The predicted octanol–water partition coefficient (Wildman–Crippen LogP) is 2.89. The number of hydrogen-bond acceptors (Lipinski definition) is 13. The molecule has 0 spiro atoms. The molecule has 0 saturated carbocycles. The van der Waals surface area contributed by atoms with E-state index in [4.69, 9.17) is 33.2 Å². The lowest BCUT2D eigenvalue weighted by molar-refractivity contribution is -0.316. The molecule has 4 N–H and O–H groups in total. The van der Waals surface area contributed by atoms with Crippen molar-refractivity contribution in [2.45, 2.75) is 179 Å². The largest absolute Gasteiger partial charge is 0.488 e. The van der Waals surface area contributed by atoms with Gasteiger partial charge in [-0.3, -0.25) is 4.79 Å². The normalized spacial score (nSPS) is 46.5. The second kappa shape index (κ2) is 15.5. The third-order valence-corrected chi connectivity index (χ3v) is 11.9. The second-order valence-corrected chi connectivity index (χ2v) is 16.3. The molecular formula is C37H65NO12. The van der Waals surface area contributed by atoms with Crippen LogP contribution in [0.4, 0.5) is 0 Å². The lowest BCUT2D eigenvalue weighted by atomic mass is 9.78. The number of likely N-dealkylation sites (N-methyl/N-ethyl adjacent to an activating group) is 1. The van der Waals surface area contributed by atoms with Crippen LogP contribution in [0.1, 0.15) is 94.9 Å². The van der Waals surface area contributed by atoms with Gasteiger partial charge < -0.3 is 58.5 Å². The number of carbonyl (C=O) groups excluding carboxylic acids is 1. The van der Waals surface area contributed by atoms with Crippen molar-refractivity contribution in [2.75, 3.05) is 21.2 Å². The fourth-order valence-electron chi connectivity index (χ4n) is 8.73. The Hall–Kier alpha value is -1.39. The molecule has 4 aliphatic heterocycles. The van der Waals surface area contributed by atoms with Crippen molar-refractivity contribution in [1.82, 2.24) is 4.90 Å². The topological polar surface area (TPSA) is 166 Å². The molecule has 4 aliphatic rings. The van der Waals surface area contributed by atoms with Gasteiger partial charge in [0.15, 0.2) is 12.6 Å². The number of rotatable bonds is 9. The van der Waals surface area contributed by atoms with Crippen LogP contribution in [0.5, 0.6) is 0 Å². The van der Waals surface area contributed by atoms with E-state index in [1.165, 1.54) is 14.0 Å². The van der Waals surface area contributed by atoms with Gasteiger partial charge in [0, 0.05) is 31.9 Å². The van der Waals surface area contributed by atoms with E-state index in [1.807, 2.05) is 53.6 Å². The van der Waals surface area contributed by atoms with Gasteiger partial charge in [0.1, 0.15) is 41.4 Å². The molecule has 290 valence electrons. The summed E-state index contributed by atoms with van der Waals surface area (Å²) in [6, 6.07) is -0.223. The first-order valence-electron chi connectivity index (χ1n) is 18.3. The minimum Gasteiger partial charge on any atom is -0.488 e. The second-order valence-electron chi connectivity index (χ2n) is 16.3. The van der Waals surface area contributed by atoms with E-state index < -0.39 is 95.8 Å². The van der Waals surface area contributed by atoms with Crippen LogP contribution in [0, 0.1) is 17.8 Å². The zero-order valence-electron chi connectivity index (χ0n) is 32.4. The zero-order valence-corrected chi connectivity index (χ0v) is 32.4. The van der Waals surface area contributed by atoms with E-state index in [2.05, 4.69) is 0 Å². The van der Waals surface area contributed by atoms with Crippen LogP contribution in [0.2, 0.25) is 0 Å². The van der Waals surface area contributed by atoms with Gasteiger partial charge in [-0.25, -0.2) is 0 Å². The molecule has 2 bridgehead atoms. The fourth-order valence-corrected chi connectivity index (χ4v) is 8.73. The SMILES string of the molecule is CCC(O)C(C)(O)C1OC(=O)C(C)C(OC2CC(C)(OC)C(O)C(C)O2)C(C)C(OC2OC(C)CC(N(C)C)C2O)[C@]2(C)CC(C)=C(O2)C1C. The van der Waals surface area contributed by atoms with Gasteiger partial charge in [-0.2, -0.15) is 0 Å². The van der Waals surface area contributed by atoms with Gasteiger partial charge in [0.25, 0.3) is 0 Å². The summed E-state index contributed by atoms with van der Waals surface area (Å²) in [5, 5.41) is 45.2. The summed E-state index contributed by atoms with van der Waals surface area (Å²) in [6.07, 6.45) is -7.24. The summed E-state index contributed by atoms with van der Waals surface area (Å²) >= 11 is 0. The molecule has 13 nitrogen and oxygen atoms in total. The van der Waals surface area contributed by atoms with Crippen LogP contribution in [-0.4, -0.2) is 137 Å². The third-order valence-electron chi connectivity index (χ3n) is 11.9. The number of methoxy groups -OCH3 is 1. The maximum Gasteiger partial charge on any atom is 0.311 e. The molecule has 0 amide bonds. The molecule has 17 atom stereocenters. The Balaban J connectivity index is 1.83. The Kier molecular flexibility index (Phi) is 12.8. The van der Waals surface area contributed by atoms with Crippen molar-refractivity contribution in [3.05, 3.63) is 11.3 Å². The Morgan fingerprint density at radius 2 is 1.70 bits per heavy atom. The van der Waals surface area contributed by atoms with Crippen molar-refractivity contribution in [1.29, 1.82) is 0 Å². The van der Waals surface area contributed by atoms with Crippen LogP contribution in [0.25, 0.3) is 0 Å². The molecule has 4 rings (SSSR count). The van der Waals surface area contributed by atoms with E-state index in [0.717, 1.165) is 5.57 Å². The minimum atomic E-state index is -1.82.